The molecule has 0 radical (unpaired) electrons. The molecule has 0 saturated heterocycles. The van der Waals surface area contributed by atoms with E-state index in [0.29, 0.717) is 10.9 Å². The molecule has 134 valence electrons. The highest BCUT2D eigenvalue weighted by Crippen LogP contribution is 2.16. The van der Waals surface area contributed by atoms with Crippen molar-refractivity contribution in [3.8, 4) is 5.75 Å². The van der Waals surface area contributed by atoms with Gasteiger partial charge in [-0.25, -0.2) is 4.79 Å². The lowest BCUT2D eigenvalue weighted by atomic mass is 10.1. The Balaban J connectivity index is 0.000000449. The Labute approximate surface area is 142 Å². The summed E-state index contributed by atoms with van der Waals surface area (Å²) in [6.07, 6.45) is 0.691. The van der Waals surface area contributed by atoms with Gasteiger partial charge in [-0.15, -0.1) is 0 Å². The molecule has 0 saturated carbocycles. The summed E-state index contributed by atoms with van der Waals surface area (Å²) in [6.45, 7) is 5.97. The van der Waals surface area contributed by atoms with E-state index in [1.165, 1.54) is 25.1 Å². The summed E-state index contributed by atoms with van der Waals surface area (Å²) in [6, 6.07) is 5.54. The molecule has 1 N–H and O–H groups in total. The maximum Gasteiger partial charge on any atom is 0.362 e. The van der Waals surface area contributed by atoms with E-state index >= 15 is 0 Å². The van der Waals surface area contributed by atoms with Crippen molar-refractivity contribution in [2.75, 3.05) is 20.6 Å². The number of esters is 1. The van der Waals surface area contributed by atoms with E-state index < -0.39 is 17.9 Å². The Hall–Kier alpha value is -2.41. The fraction of sp³-hybridized carbons (Fsp3) is 0.471. The van der Waals surface area contributed by atoms with E-state index in [2.05, 4.69) is 4.74 Å². The zero-order valence-electron chi connectivity index (χ0n) is 14.7. The molecule has 1 rings (SSSR count). The lowest BCUT2D eigenvalue weighted by molar-refractivity contribution is -0.905. The average Bonchev–Trinajstić information content (AvgIpc) is 2.47. The minimum atomic E-state index is -1.36. The van der Waals surface area contributed by atoms with Gasteiger partial charge in [-0.05, 0) is 19.1 Å². The predicted octanol–water partition coefficient (Wildman–Crippen LogP) is 0.921. The van der Waals surface area contributed by atoms with Crippen LogP contribution in [0.2, 0.25) is 0 Å². The molecule has 0 heterocycles. The van der Waals surface area contributed by atoms with Gasteiger partial charge in [0.15, 0.2) is 6.04 Å². The second-order valence-electron chi connectivity index (χ2n) is 5.73. The molecule has 1 aromatic carbocycles. The van der Waals surface area contributed by atoms with Crippen molar-refractivity contribution in [2.45, 2.75) is 33.2 Å². The standard InChI is InChI=1S/C9H8O4.C8H17NO2/c1-6(10)13-8-5-3-2-4-7(8)9(11)12;1-5-7(8(10)11)9(3,4)6-2/h2-5H,1H3,(H,11,12);7H,5-6H2,1-4H3. The number of carbonyl (C=O) groups is 3. The molecule has 24 heavy (non-hydrogen) atoms. The maximum absolute atomic E-state index is 10.7. The first-order chi connectivity index (χ1) is 11.1. The van der Waals surface area contributed by atoms with Crippen LogP contribution in [0.1, 0.15) is 37.6 Å². The lowest BCUT2D eigenvalue weighted by Gasteiger charge is -2.33. The Kier molecular flexibility index (Phi) is 8.70. The van der Waals surface area contributed by atoms with Gasteiger partial charge >= 0.3 is 11.9 Å². The van der Waals surface area contributed by atoms with Gasteiger partial charge < -0.3 is 24.2 Å². The van der Waals surface area contributed by atoms with Crippen LogP contribution >= 0.6 is 0 Å². The number of nitrogens with zero attached hydrogens (tertiary/aromatic N) is 1. The number of carbonyl (C=O) groups excluding carboxylic acids is 2. The SMILES string of the molecule is CC(=O)Oc1ccccc1C(=O)[O-].CCC(C(=O)O)[N+](C)(C)CC. The number of ether oxygens (including phenoxy) is 1. The molecule has 0 aliphatic rings. The fourth-order valence-corrected chi connectivity index (χ4v) is 2.07. The highest BCUT2D eigenvalue weighted by molar-refractivity contribution is 5.90. The number of aliphatic carboxylic acids is 1. The summed E-state index contributed by atoms with van der Waals surface area (Å²) >= 11 is 0. The van der Waals surface area contributed by atoms with E-state index in [-0.39, 0.29) is 17.4 Å². The van der Waals surface area contributed by atoms with Crippen molar-refractivity contribution in [1.82, 2.24) is 0 Å². The monoisotopic (exact) mass is 339 g/mol. The highest BCUT2D eigenvalue weighted by Gasteiger charge is 2.31. The van der Waals surface area contributed by atoms with Crippen LogP contribution in [0.3, 0.4) is 0 Å². The van der Waals surface area contributed by atoms with Gasteiger partial charge in [0.25, 0.3) is 0 Å². The molecule has 0 bridgehead atoms. The number of hydrogen-bond acceptors (Lipinski definition) is 5. The zero-order valence-corrected chi connectivity index (χ0v) is 14.7. The van der Waals surface area contributed by atoms with Crippen molar-refractivity contribution in [3.63, 3.8) is 0 Å². The summed E-state index contributed by atoms with van der Waals surface area (Å²) in [7, 11) is 3.89. The van der Waals surface area contributed by atoms with Gasteiger partial charge in [0.1, 0.15) is 5.75 Å². The topological polar surface area (TPSA) is 104 Å². The van der Waals surface area contributed by atoms with Gasteiger partial charge in [0.2, 0.25) is 0 Å². The molecule has 1 aromatic rings. The maximum atomic E-state index is 10.7. The lowest BCUT2D eigenvalue weighted by Crippen LogP contribution is -2.52. The van der Waals surface area contributed by atoms with Crippen LogP contribution in [-0.2, 0) is 9.59 Å². The van der Waals surface area contributed by atoms with Gasteiger partial charge in [0.05, 0.1) is 26.6 Å². The number of likely N-dealkylation sites (N-methyl/N-ethyl adjacent to an activating group) is 1. The van der Waals surface area contributed by atoms with Crippen molar-refractivity contribution >= 4 is 17.9 Å². The molecule has 7 heteroatoms. The molecular formula is C17H25NO6. The van der Waals surface area contributed by atoms with E-state index in [1.807, 2.05) is 27.9 Å². The Morgan fingerprint density at radius 1 is 1.21 bits per heavy atom. The largest absolute Gasteiger partial charge is 0.545 e. The summed E-state index contributed by atoms with van der Waals surface area (Å²) in [5.74, 6) is -2.61. The van der Waals surface area contributed by atoms with Crippen molar-refractivity contribution in [3.05, 3.63) is 29.8 Å². The molecule has 1 unspecified atom stereocenters. The number of para-hydroxylation sites is 1. The van der Waals surface area contributed by atoms with Gasteiger partial charge in [0, 0.05) is 18.9 Å². The van der Waals surface area contributed by atoms with Crippen molar-refractivity contribution < 1.29 is 33.8 Å². The van der Waals surface area contributed by atoms with E-state index in [9.17, 15) is 19.5 Å². The number of carboxylic acids is 2. The quantitative estimate of drug-likeness (QED) is 0.469. The van der Waals surface area contributed by atoms with Gasteiger partial charge in [-0.3, -0.25) is 4.79 Å². The van der Waals surface area contributed by atoms with E-state index in [1.54, 1.807) is 6.07 Å². The van der Waals surface area contributed by atoms with E-state index in [0.717, 1.165) is 6.54 Å². The van der Waals surface area contributed by atoms with Crippen LogP contribution in [0.5, 0.6) is 5.75 Å². The van der Waals surface area contributed by atoms with E-state index in [4.69, 9.17) is 5.11 Å². The Bertz CT molecular complexity index is 582. The molecular weight excluding hydrogens is 314 g/mol. The summed E-state index contributed by atoms with van der Waals surface area (Å²) < 4.78 is 5.21. The molecule has 0 aromatic heterocycles. The second kappa shape index (κ2) is 9.67. The normalized spacial score (nSPS) is 11.7. The number of aromatic carboxylic acids is 1. The fourth-order valence-electron chi connectivity index (χ4n) is 2.07. The Morgan fingerprint density at radius 3 is 2.08 bits per heavy atom. The average molecular weight is 339 g/mol. The van der Waals surface area contributed by atoms with Crippen molar-refractivity contribution in [1.29, 1.82) is 0 Å². The molecule has 0 fully saturated rings. The molecule has 0 spiro atoms. The summed E-state index contributed by atoms with van der Waals surface area (Å²) in [5.41, 5.74) is -0.127. The number of rotatable bonds is 6. The number of carboxylic acid groups (broad SMARTS) is 2. The first-order valence-corrected chi connectivity index (χ1v) is 7.61. The predicted molar refractivity (Wildman–Crippen MR) is 86.4 cm³/mol. The molecule has 7 nitrogen and oxygen atoms in total. The third-order valence-electron chi connectivity index (χ3n) is 3.69. The zero-order chi connectivity index (χ0) is 18.9. The minimum absolute atomic E-state index is 0.00926. The Morgan fingerprint density at radius 2 is 1.75 bits per heavy atom. The smallest absolute Gasteiger partial charge is 0.362 e. The molecule has 1 atom stereocenters. The van der Waals surface area contributed by atoms with Crippen molar-refractivity contribution in [2.24, 2.45) is 0 Å². The number of quaternary nitrogens is 1. The molecule has 0 aliphatic carbocycles. The molecule has 0 aliphatic heterocycles. The second-order valence-corrected chi connectivity index (χ2v) is 5.73. The van der Waals surface area contributed by atoms with Gasteiger partial charge in [-0.2, -0.15) is 0 Å². The van der Waals surface area contributed by atoms with Crippen LogP contribution < -0.4 is 9.84 Å². The summed E-state index contributed by atoms with van der Waals surface area (Å²) in [5, 5.41) is 19.3. The minimum Gasteiger partial charge on any atom is -0.545 e. The van der Waals surface area contributed by atoms with Crippen LogP contribution in [0.4, 0.5) is 0 Å². The third kappa shape index (κ3) is 6.78. The first-order valence-electron chi connectivity index (χ1n) is 7.61. The van der Waals surface area contributed by atoms with Crippen LogP contribution in [0, 0.1) is 0 Å². The number of benzene rings is 1. The first kappa shape index (κ1) is 21.6. The molecule has 0 amide bonds. The summed E-state index contributed by atoms with van der Waals surface area (Å²) in [4.78, 5) is 31.8. The van der Waals surface area contributed by atoms with Crippen LogP contribution in [0.15, 0.2) is 24.3 Å². The highest BCUT2D eigenvalue weighted by atomic mass is 16.5. The van der Waals surface area contributed by atoms with Crippen LogP contribution in [-0.4, -0.2) is 54.2 Å². The third-order valence-corrected chi connectivity index (χ3v) is 3.69. The van der Waals surface area contributed by atoms with Crippen LogP contribution in [0.25, 0.3) is 0 Å². The number of hydrogen-bond donors (Lipinski definition) is 1. The van der Waals surface area contributed by atoms with Gasteiger partial charge in [-0.1, -0.05) is 19.1 Å².